The van der Waals surface area contributed by atoms with Gasteiger partial charge in [0.05, 0.1) is 5.39 Å². The lowest BCUT2D eigenvalue weighted by Gasteiger charge is -2.07. The summed E-state index contributed by atoms with van der Waals surface area (Å²) >= 11 is 0. The van der Waals surface area contributed by atoms with E-state index in [1.165, 1.54) is 18.2 Å². The van der Waals surface area contributed by atoms with Crippen molar-refractivity contribution >= 4 is 16.9 Å². The predicted octanol–water partition coefficient (Wildman–Crippen LogP) is 1.13. The first-order valence-corrected chi connectivity index (χ1v) is 4.67. The zero-order valence-electron chi connectivity index (χ0n) is 8.76. The normalized spacial score (nSPS) is 10.4. The molecule has 0 fully saturated rings. The summed E-state index contributed by atoms with van der Waals surface area (Å²) in [6.45, 7) is 1.13. The Kier molecular flexibility index (Phi) is 2.47. The molecule has 2 rings (SSSR count). The second kappa shape index (κ2) is 3.82. The third-order valence-electron chi connectivity index (χ3n) is 2.09. The van der Waals surface area contributed by atoms with E-state index < -0.39 is 17.3 Å². The van der Waals surface area contributed by atoms with Crippen LogP contribution < -0.4 is 10.4 Å². The molecule has 1 aromatic carbocycles. The molecule has 0 aliphatic carbocycles. The first-order valence-electron chi connectivity index (χ1n) is 4.67. The Balaban J connectivity index is 2.87. The number of aromatic hydroxyl groups is 2. The fourth-order valence-electron chi connectivity index (χ4n) is 1.42. The summed E-state index contributed by atoms with van der Waals surface area (Å²) in [7, 11) is 0. The quantitative estimate of drug-likeness (QED) is 0.569. The van der Waals surface area contributed by atoms with Crippen molar-refractivity contribution in [2.45, 2.75) is 6.92 Å². The molecule has 6 heteroatoms. The van der Waals surface area contributed by atoms with Crippen LogP contribution in [-0.2, 0) is 4.79 Å². The predicted molar refractivity (Wildman–Crippen MR) is 57.1 cm³/mol. The smallest absolute Gasteiger partial charge is 0.382 e. The molecule has 0 spiro atoms. The van der Waals surface area contributed by atoms with Gasteiger partial charge in [0.15, 0.2) is 17.1 Å². The van der Waals surface area contributed by atoms with Gasteiger partial charge in [0.1, 0.15) is 0 Å². The lowest BCUT2D eigenvalue weighted by molar-refractivity contribution is -0.131. The van der Waals surface area contributed by atoms with Crippen LogP contribution in [-0.4, -0.2) is 16.2 Å². The Morgan fingerprint density at radius 3 is 2.71 bits per heavy atom. The number of carbonyl (C=O) groups is 1. The van der Waals surface area contributed by atoms with Gasteiger partial charge in [0, 0.05) is 6.92 Å². The summed E-state index contributed by atoms with van der Waals surface area (Å²) in [6, 6.07) is 4.21. The van der Waals surface area contributed by atoms with Gasteiger partial charge in [-0.1, -0.05) is 6.07 Å². The van der Waals surface area contributed by atoms with Crippen LogP contribution >= 0.6 is 0 Å². The topological polar surface area (TPSA) is 97.0 Å². The van der Waals surface area contributed by atoms with E-state index >= 15 is 0 Å². The number of hydrogen-bond donors (Lipinski definition) is 2. The molecule has 0 saturated carbocycles. The van der Waals surface area contributed by atoms with Crippen LogP contribution in [0.1, 0.15) is 6.92 Å². The molecule has 0 aliphatic rings. The van der Waals surface area contributed by atoms with Crippen LogP contribution in [0.4, 0.5) is 0 Å². The number of phenols is 1. The minimum Gasteiger partial charge on any atom is -0.504 e. The van der Waals surface area contributed by atoms with Crippen LogP contribution in [0.5, 0.6) is 17.2 Å². The number of esters is 1. The number of rotatable bonds is 1. The fraction of sp³-hybridized carbons (Fsp3) is 0.0909. The summed E-state index contributed by atoms with van der Waals surface area (Å²) in [6.07, 6.45) is 0. The van der Waals surface area contributed by atoms with Crippen LogP contribution in [0.2, 0.25) is 0 Å². The third-order valence-corrected chi connectivity index (χ3v) is 2.09. The molecule has 6 nitrogen and oxygen atoms in total. The molecule has 1 heterocycles. The van der Waals surface area contributed by atoms with Gasteiger partial charge in [-0.05, 0) is 12.1 Å². The Morgan fingerprint density at radius 2 is 2.06 bits per heavy atom. The van der Waals surface area contributed by atoms with Gasteiger partial charge in [-0.25, -0.2) is 4.79 Å². The lowest BCUT2D eigenvalue weighted by atomic mass is 10.2. The summed E-state index contributed by atoms with van der Waals surface area (Å²) in [5.41, 5.74) is -1.23. The highest BCUT2D eigenvalue weighted by atomic mass is 16.5. The molecular weight excluding hydrogens is 228 g/mol. The Labute approximate surface area is 94.7 Å². The maximum atomic E-state index is 11.3. The van der Waals surface area contributed by atoms with Crippen LogP contribution in [0, 0.1) is 0 Å². The first-order chi connectivity index (χ1) is 8.00. The van der Waals surface area contributed by atoms with E-state index in [4.69, 9.17) is 9.15 Å². The summed E-state index contributed by atoms with van der Waals surface area (Å²) < 4.78 is 9.43. The molecular formula is C11H8O6. The Bertz CT molecular complexity index is 655. The van der Waals surface area contributed by atoms with Crippen molar-refractivity contribution in [2.75, 3.05) is 0 Å². The number of carbonyl (C=O) groups excluding carboxylic acids is 1. The summed E-state index contributed by atoms with van der Waals surface area (Å²) in [5.74, 6) is -2.11. The maximum Gasteiger partial charge on any atom is 0.382 e. The molecule has 17 heavy (non-hydrogen) atoms. The molecule has 0 radical (unpaired) electrons. The molecule has 88 valence electrons. The van der Waals surface area contributed by atoms with Gasteiger partial charge in [-0.2, -0.15) is 0 Å². The van der Waals surface area contributed by atoms with E-state index in [2.05, 4.69) is 0 Å². The first kappa shape index (κ1) is 11.0. The van der Waals surface area contributed by atoms with Crippen LogP contribution in [0.25, 0.3) is 11.0 Å². The number of hydrogen-bond acceptors (Lipinski definition) is 6. The number of para-hydroxylation sites is 1. The molecule has 1 aromatic heterocycles. The highest BCUT2D eigenvalue weighted by molar-refractivity contribution is 5.91. The molecule has 0 amide bonds. The second-order valence-electron chi connectivity index (χ2n) is 3.31. The summed E-state index contributed by atoms with van der Waals surface area (Å²) in [5, 5.41) is 19.1. The Hall–Kier alpha value is -2.50. The van der Waals surface area contributed by atoms with Crippen molar-refractivity contribution in [3.63, 3.8) is 0 Å². The van der Waals surface area contributed by atoms with Gasteiger partial charge < -0.3 is 19.4 Å². The molecule has 2 aromatic rings. The Morgan fingerprint density at radius 1 is 1.35 bits per heavy atom. The van der Waals surface area contributed by atoms with Crippen LogP contribution in [0.15, 0.2) is 27.4 Å². The van der Waals surface area contributed by atoms with Crippen molar-refractivity contribution in [2.24, 2.45) is 0 Å². The zero-order chi connectivity index (χ0) is 12.6. The van der Waals surface area contributed by atoms with E-state index in [1.807, 2.05) is 0 Å². The minimum absolute atomic E-state index is 0.136. The average molecular weight is 236 g/mol. The van der Waals surface area contributed by atoms with E-state index in [0.717, 1.165) is 6.92 Å². The van der Waals surface area contributed by atoms with Gasteiger partial charge in [-0.15, -0.1) is 0 Å². The number of ether oxygens (including phenoxy) is 1. The van der Waals surface area contributed by atoms with Gasteiger partial charge in [0.2, 0.25) is 5.75 Å². The van der Waals surface area contributed by atoms with Gasteiger partial charge in [0.25, 0.3) is 0 Å². The van der Waals surface area contributed by atoms with Crippen molar-refractivity contribution in [3.8, 4) is 17.2 Å². The van der Waals surface area contributed by atoms with Crippen molar-refractivity contribution < 1.29 is 24.2 Å². The lowest BCUT2D eigenvalue weighted by Crippen LogP contribution is -2.07. The highest BCUT2D eigenvalue weighted by Gasteiger charge is 2.18. The molecule has 0 saturated heterocycles. The number of fused-ring (bicyclic) bond motifs is 1. The number of benzene rings is 1. The third kappa shape index (κ3) is 1.80. The van der Waals surface area contributed by atoms with Crippen molar-refractivity contribution in [1.82, 2.24) is 0 Å². The maximum absolute atomic E-state index is 11.3. The molecule has 0 bridgehead atoms. The largest absolute Gasteiger partial charge is 0.504 e. The van der Waals surface area contributed by atoms with E-state index in [0.29, 0.717) is 0 Å². The van der Waals surface area contributed by atoms with E-state index in [9.17, 15) is 19.8 Å². The molecule has 2 N–H and O–H groups in total. The standard InChI is InChI=1S/C11H8O6/c1-5(12)16-10-6-3-2-4-7(13)9(6)17-11(15)8(10)14/h2-4,13-14H,1H3. The average Bonchev–Trinajstić information content (AvgIpc) is 2.26. The molecule has 0 aliphatic heterocycles. The SMILES string of the molecule is CC(=O)Oc1c(O)c(=O)oc2c(O)cccc12. The van der Waals surface area contributed by atoms with Gasteiger partial charge >= 0.3 is 11.6 Å². The summed E-state index contributed by atoms with van der Waals surface area (Å²) in [4.78, 5) is 22.1. The highest BCUT2D eigenvalue weighted by Crippen LogP contribution is 2.35. The minimum atomic E-state index is -1.09. The van der Waals surface area contributed by atoms with Gasteiger partial charge in [-0.3, -0.25) is 4.79 Å². The second-order valence-corrected chi connectivity index (χ2v) is 3.31. The monoisotopic (exact) mass is 236 g/mol. The van der Waals surface area contributed by atoms with E-state index in [1.54, 1.807) is 0 Å². The molecule has 0 unspecified atom stereocenters. The fourth-order valence-corrected chi connectivity index (χ4v) is 1.42. The van der Waals surface area contributed by atoms with Crippen molar-refractivity contribution in [3.05, 3.63) is 28.6 Å². The van der Waals surface area contributed by atoms with Crippen molar-refractivity contribution in [1.29, 1.82) is 0 Å². The van der Waals surface area contributed by atoms with Crippen LogP contribution in [0.3, 0.4) is 0 Å². The number of phenolic OH excluding ortho intramolecular Hbond substituents is 1. The zero-order valence-corrected chi connectivity index (χ0v) is 8.76. The van der Waals surface area contributed by atoms with E-state index in [-0.39, 0.29) is 22.5 Å². The molecule has 0 atom stereocenters.